The van der Waals surface area contributed by atoms with Crippen molar-refractivity contribution < 1.29 is 56.9 Å². The van der Waals surface area contributed by atoms with E-state index in [0.717, 1.165) is 6.07 Å². The molecule has 0 aliphatic heterocycles. The van der Waals surface area contributed by atoms with Crippen LogP contribution in [0.25, 0.3) is 0 Å². The molecule has 17 heavy (non-hydrogen) atoms. The summed E-state index contributed by atoms with van der Waals surface area (Å²) in [6, 6.07) is 1.29. The van der Waals surface area contributed by atoms with Gasteiger partial charge < -0.3 is 12.9 Å². The molecule has 0 saturated heterocycles. The van der Waals surface area contributed by atoms with E-state index >= 15 is 0 Å². The maximum absolute atomic E-state index is 10.8. The fourth-order valence-electron chi connectivity index (χ4n) is 1.04. The topological polar surface area (TPSA) is 161 Å². The Labute approximate surface area is 121 Å². The van der Waals surface area contributed by atoms with E-state index in [2.05, 4.69) is 0 Å². The van der Waals surface area contributed by atoms with Crippen LogP contribution in [0.15, 0.2) is 21.9 Å². The fraction of sp³-hybridized carbons (Fsp3) is 0. The van der Waals surface area contributed by atoms with Crippen molar-refractivity contribution in [3.8, 4) is 0 Å². The molecule has 0 fully saturated rings. The van der Waals surface area contributed by atoms with Crippen LogP contribution in [0.5, 0.6) is 0 Å². The minimum absolute atomic E-state index is 0. The predicted molar refractivity (Wildman–Crippen MR) is 56.0 cm³/mol. The largest absolute Gasteiger partial charge is 1.00 e. The van der Waals surface area contributed by atoms with Gasteiger partial charge in [0, 0.05) is 0 Å². The standard InChI is InChI=1S/C6H8N2O6S2.Na.H/c7-3-1-4(8)6(16(12,13)14)2-5(3)15(9,10)11;;/h1-2H,7-8H2,(H,9,10,11)(H,12,13,14);;/q;+1;-1. The average Bonchev–Trinajstić information content (AvgIpc) is 1.97. The van der Waals surface area contributed by atoms with E-state index in [0.29, 0.717) is 6.07 Å². The van der Waals surface area contributed by atoms with Crippen LogP contribution in [0, 0.1) is 0 Å². The van der Waals surface area contributed by atoms with Gasteiger partial charge in [-0.25, -0.2) is 0 Å². The summed E-state index contributed by atoms with van der Waals surface area (Å²) in [4.78, 5) is -1.68. The average molecular weight is 292 g/mol. The van der Waals surface area contributed by atoms with Gasteiger partial charge in [-0.05, 0) is 12.1 Å². The smallest absolute Gasteiger partial charge is 1.00 e. The number of hydrogen-bond donors (Lipinski definition) is 4. The molecule has 0 aromatic heterocycles. The Morgan fingerprint density at radius 2 is 1.18 bits per heavy atom. The first kappa shape index (κ1) is 16.6. The van der Waals surface area contributed by atoms with Crippen molar-refractivity contribution in [3.63, 3.8) is 0 Å². The third-order valence-electron chi connectivity index (χ3n) is 1.70. The molecule has 0 atom stereocenters. The first-order valence-corrected chi connectivity index (χ1v) is 6.55. The zero-order valence-corrected chi connectivity index (χ0v) is 12.3. The summed E-state index contributed by atoms with van der Waals surface area (Å²) in [6.07, 6.45) is 0. The van der Waals surface area contributed by atoms with Gasteiger partial charge in [-0.2, -0.15) is 16.8 Å². The Bertz CT molecular complexity index is 591. The molecule has 11 heteroatoms. The molecule has 1 rings (SSSR count). The number of nitrogens with two attached hydrogens (primary N) is 2. The summed E-state index contributed by atoms with van der Waals surface area (Å²) in [6.45, 7) is 0. The second kappa shape index (κ2) is 5.10. The van der Waals surface area contributed by atoms with E-state index in [1.54, 1.807) is 0 Å². The van der Waals surface area contributed by atoms with E-state index in [-0.39, 0.29) is 31.0 Å². The molecule has 0 amide bonds. The Kier molecular flexibility index (Phi) is 4.99. The molecule has 0 aliphatic rings. The second-order valence-corrected chi connectivity index (χ2v) is 5.66. The molecular weight excluding hydrogens is 283 g/mol. The molecule has 1 aromatic carbocycles. The van der Waals surface area contributed by atoms with Gasteiger partial charge in [0.2, 0.25) is 0 Å². The molecule has 1 aromatic rings. The molecule has 0 unspecified atom stereocenters. The van der Waals surface area contributed by atoms with Crippen LogP contribution in [0.2, 0.25) is 0 Å². The number of nitrogen functional groups attached to an aromatic ring is 2. The molecule has 0 aliphatic carbocycles. The maximum Gasteiger partial charge on any atom is 1.00 e. The summed E-state index contributed by atoms with van der Waals surface area (Å²) in [5.74, 6) is 0. The molecule has 8 nitrogen and oxygen atoms in total. The zero-order valence-electron chi connectivity index (χ0n) is 9.65. The normalized spacial score (nSPS) is 11.9. The van der Waals surface area contributed by atoms with Gasteiger partial charge in [-0.3, -0.25) is 9.11 Å². The molecule has 92 valence electrons. The summed E-state index contributed by atoms with van der Waals surface area (Å²) < 4.78 is 60.7. The SMILES string of the molecule is Nc1cc(N)c(S(=O)(=O)O)cc1S(=O)(=O)O.[H-].[Na+]. The van der Waals surface area contributed by atoms with E-state index in [9.17, 15) is 16.8 Å². The molecule has 0 spiro atoms. The molecular formula is C6H9N2NaO6S2. The summed E-state index contributed by atoms with van der Waals surface area (Å²) >= 11 is 0. The summed E-state index contributed by atoms with van der Waals surface area (Å²) in [5, 5.41) is 0. The number of anilines is 2. The van der Waals surface area contributed by atoms with Gasteiger partial charge in [-0.15, -0.1) is 0 Å². The molecule has 0 heterocycles. The first-order chi connectivity index (χ1) is 7.03. The van der Waals surface area contributed by atoms with Crippen molar-refractivity contribution in [3.05, 3.63) is 12.1 Å². The third kappa shape index (κ3) is 3.81. The quantitative estimate of drug-likeness (QED) is 0.247. The van der Waals surface area contributed by atoms with Gasteiger partial charge in [-0.1, -0.05) is 0 Å². The molecule has 0 radical (unpaired) electrons. The summed E-state index contributed by atoms with van der Waals surface area (Å²) in [5.41, 5.74) is 9.60. The minimum atomic E-state index is -4.69. The van der Waals surface area contributed by atoms with Gasteiger partial charge >= 0.3 is 29.6 Å². The molecule has 0 bridgehead atoms. The Morgan fingerprint density at radius 3 is 1.41 bits per heavy atom. The van der Waals surface area contributed by atoms with Crippen LogP contribution in [0.1, 0.15) is 1.43 Å². The Hall–Kier alpha value is -0.360. The van der Waals surface area contributed by atoms with E-state index in [4.69, 9.17) is 20.6 Å². The Balaban J connectivity index is 0. The minimum Gasteiger partial charge on any atom is -1.00 e. The van der Waals surface area contributed by atoms with Crippen LogP contribution in [-0.4, -0.2) is 25.9 Å². The van der Waals surface area contributed by atoms with Gasteiger partial charge in [0.1, 0.15) is 9.79 Å². The van der Waals surface area contributed by atoms with Crippen molar-refractivity contribution in [1.29, 1.82) is 0 Å². The Morgan fingerprint density at radius 1 is 0.882 bits per heavy atom. The van der Waals surface area contributed by atoms with E-state index < -0.39 is 41.4 Å². The van der Waals surface area contributed by atoms with E-state index in [1.165, 1.54) is 0 Å². The van der Waals surface area contributed by atoms with Crippen LogP contribution >= 0.6 is 0 Å². The number of hydrogen-bond acceptors (Lipinski definition) is 6. The third-order valence-corrected chi connectivity index (χ3v) is 3.52. The number of benzene rings is 1. The first-order valence-electron chi connectivity index (χ1n) is 3.67. The van der Waals surface area contributed by atoms with Crippen LogP contribution < -0.4 is 41.0 Å². The van der Waals surface area contributed by atoms with Crippen molar-refractivity contribution in [2.75, 3.05) is 11.5 Å². The fourth-order valence-corrected chi connectivity index (χ4v) is 2.36. The van der Waals surface area contributed by atoms with Crippen LogP contribution in [0.3, 0.4) is 0 Å². The zero-order chi connectivity index (χ0) is 12.7. The van der Waals surface area contributed by atoms with E-state index in [1.807, 2.05) is 0 Å². The van der Waals surface area contributed by atoms with Crippen LogP contribution in [-0.2, 0) is 20.2 Å². The maximum atomic E-state index is 10.8. The van der Waals surface area contributed by atoms with Crippen molar-refractivity contribution in [1.82, 2.24) is 0 Å². The monoisotopic (exact) mass is 292 g/mol. The number of rotatable bonds is 2. The second-order valence-electron chi connectivity index (χ2n) is 2.88. The molecule has 0 saturated carbocycles. The van der Waals surface area contributed by atoms with Crippen LogP contribution in [0.4, 0.5) is 11.4 Å². The van der Waals surface area contributed by atoms with Crippen molar-refractivity contribution in [2.45, 2.75) is 9.79 Å². The molecule has 6 N–H and O–H groups in total. The van der Waals surface area contributed by atoms with Gasteiger partial charge in [0.05, 0.1) is 11.4 Å². The predicted octanol–water partition coefficient (Wildman–Crippen LogP) is -3.54. The van der Waals surface area contributed by atoms with Crippen molar-refractivity contribution in [2.24, 2.45) is 0 Å². The van der Waals surface area contributed by atoms with Crippen molar-refractivity contribution >= 4 is 31.6 Å². The summed E-state index contributed by atoms with van der Waals surface area (Å²) in [7, 11) is -9.38. The van der Waals surface area contributed by atoms with Gasteiger partial charge in [0.15, 0.2) is 0 Å². The van der Waals surface area contributed by atoms with Gasteiger partial charge in [0.25, 0.3) is 20.2 Å².